The van der Waals surface area contributed by atoms with Crippen molar-refractivity contribution < 1.29 is 4.74 Å². The van der Waals surface area contributed by atoms with Crippen LogP contribution < -0.4 is 10.2 Å². The summed E-state index contributed by atoms with van der Waals surface area (Å²) in [5, 5.41) is 3.77. The smallest absolute Gasteiger partial charge is 0.143 e. The van der Waals surface area contributed by atoms with Crippen LogP contribution in [0.25, 0.3) is 0 Å². The van der Waals surface area contributed by atoms with Crippen molar-refractivity contribution >= 4 is 33.3 Å². The Hall–Kier alpha value is -0.360. The van der Waals surface area contributed by atoms with Gasteiger partial charge in [-0.15, -0.1) is 0 Å². The van der Waals surface area contributed by atoms with Gasteiger partial charge in [0, 0.05) is 25.8 Å². The van der Waals surface area contributed by atoms with Crippen LogP contribution in [0.15, 0.2) is 16.7 Å². The maximum absolute atomic E-state index is 5.89. The van der Waals surface area contributed by atoms with Gasteiger partial charge in [0.25, 0.3) is 0 Å². The van der Waals surface area contributed by atoms with Crippen LogP contribution in [0.5, 0.6) is 0 Å². The lowest BCUT2D eigenvalue weighted by Gasteiger charge is -2.34. The summed E-state index contributed by atoms with van der Waals surface area (Å²) in [5.74, 6) is 0.929. The number of likely N-dealkylation sites (N-methyl/N-ethyl adjacent to an activating group) is 1. The van der Waals surface area contributed by atoms with Gasteiger partial charge in [-0.25, -0.2) is 4.98 Å². The standard InChI is InChI=1S/C11H15BrClN3O/c1-14-6-9-7-16(2-3-17-9)11-10(12)4-8(13)5-15-11/h4-5,9,14H,2-3,6-7H2,1H3. The molecule has 6 heteroatoms. The highest BCUT2D eigenvalue weighted by molar-refractivity contribution is 9.10. The Kier molecular flexibility index (Phi) is 4.62. The van der Waals surface area contributed by atoms with Gasteiger partial charge in [0.1, 0.15) is 5.82 Å². The molecule has 1 aliphatic heterocycles. The van der Waals surface area contributed by atoms with Crippen LogP contribution in [0.2, 0.25) is 5.02 Å². The van der Waals surface area contributed by atoms with E-state index in [4.69, 9.17) is 16.3 Å². The third kappa shape index (κ3) is 3.31. The number of hydrogen-bond donors (Lipinski definition) is 1. The monoisotopic (exact) mass is 319 g/mol. The van der Waals surface area contributed by atoms with Gasteiger partial charge < -0.3 is 15.0 Å². The number of hydrogen-bond acceptors (Lipinski definition) is 4. The zero-order chi connectivity index (χ0) is 12.3. The van der Waals surface area contributed by atoms with Crippen molar-refractivity contribution in [3.63, 3.8) is 0 Å². The zero-order valence-corrected chi connectivity index (χ0v) is 12.0. The third-order valence-corrected chi connectivity index (χ3v) is 3.45. The van der Waals surface area contributed by atoms with Gasteiger partial charge in [0.2, 0.25) is 0 Å². The Morgan fingerprint density at radius 3 is 3.24 bits per heavy atom. The molecule has 0 amide bonds. The summed E-state index contributed by atoms with van der Waals surface area (Å²) in [6.45, 7) is 3.27. The highest BCUT2D eigenvalue weighted by atomic mass is 79.9. The third-order valence-electron chi connectivity index (χ3n) is 2.66. The molecule has 2 rings (SSSR count). The Balaban J connectivity index is 2.10. The summed E-state index contributed by atoms with van der Waals surface area (Å²) >= 11 is 9.39. The van der Waals surface area contributed by atoms with Gasteiger partial charge in [-0.1, -0.05) is 11.6 Å². The molecule has 0 spiro atoms. The van der Waals surface area contributed by atoms with Crippen LogP contribution in [-0.4, -0.2) is 44.4 Å². The minimum absolute atomic E-state index is 0.207. The number of pyridine rings is 1. The second-order valence-corrected chi connectivity index (χ2v) is 5.25. The quantitative estimate of drug-likeness (QED) is 0.923. The van der Waals surface area contributed by atoms with Gasteiger partial charge >= 0.3 is 0 Å². The molecule has 1 unspecified atom stereocenters. The van der Waals surface area contributed by atoms with E-state index in [2.05, 4.69) is 31.1 Å². The van der Waals surface area contributed by atoms with Gasteiger partial charge in [-0.3, -0.25) is 0 Å². The van der Waals surface area contributed by atoms with Crippen molar-refractivity contribution in [2.75, 3.05) is 38.2 Å². The molecule has 0 aliphatic carbocycles. The number of nitrogens with zero attached hydrogens (tertiary/aromatic N) is 2. The van der Waals surface area contributed by atoms with Gasteiger partial charge in [-0.2, -0.15) is 0 Å². The summed E-state index contributed by atoms with van der Waals surface area (Å²) in [4.78, 5) is 6.58. The first-order valence-electron chi connectivity index (χ1n) is 5.53. The van der Waals surface area contributed by atoms with Crippen LogP contribution in [0, 0.1) is 0 Å². The molecule has 1 aromatic heterocycles. The molecule has 0 aromatic carbocycles. The normalized spacial score (nSPS) is 20.6. The van der Waals surface area contributed by atoms with Crippen molar-refractivity contribution in [1.82, 2.24) is 10.3 Å². The summed E-state index contributed by atoms with van der Waals surface area (Å²) in [6, 6.07) is 1.87. The first-order valence-corrected chi connectivity index (χ1v) is 6.70. The fourth-order valence-corrected chi connectivity index (χ4v) is 2.79. The SMILES string of the molecule is CNCC1CN(c2ncc(Cl)cc2Br)CCO1. The summed E-state index contributed by atoms with van der Waals surface area (Å²) in [6.07, 6.45) is 1.88. The largest absolute Gasteiger partial charge is 0.373 e. The minimum atomic E-state index is 0.207. The Labute approximate surface area is 114 Å². The van der Waals surface area contributed by atoms with E-state index in [0.717, 1.165) is 36.5 Å². The first-order chi connectivity index (χ1) is 8.20. The lowest BCUT2D eigenvalue weighted by atomic mass is 10.2. The second kappa shape index (κ2) is 6.00. The average Bonchev–Trinajstić information content (AvgIpc) is 2.29. The highest BCUT2D eigenvalue weighted by Gasteiger charge is 2.22. The summed E-state index contributed by atoms with van der Waals surface area (Å²) in [5.41, 5.74) is 0. The Morgan fingerprint density at radius 1 is 1.71 bits per heavy atom. The lowest BCUT2D eigenvalue weighted by Crippen LogP contribution is -2.46. The fourth-order valence-electron chi connectivity index (χ4n) is 1.90. The van der Waals surface area contributed by atoms with Crippen molar-refractivity contribution in [1.29, 1.82) is 0 Å². The number of morpholine rings is 1. The van der Waals surface area contributed by atoms with Crippen molar-refractivity contribution in [3.05, 3.63) is 21.8 Å². The van der Waals surface area contributed by atoms with Gasteiger partial charge in [0.15, 0.2) is 0 Å². The summed E-state index contributed by atoms with van der Waals surface area (Å²) < 4.78 is 6.59. The Morgan fingerprint density at radius 2 is 2.53 bits per heavy atom. The number of aromatic nitrogens is 1. The van der Waals surface area contributed by atoms with Crippen LogP contribution in [0.3, 0.4) is 0 Å². The maximum atomic E-state index is 5.89. The van der Waals surface area contributed by atoms with Gasteiger partial charge in [0.05, 0.1) is 22.2 Å². The fraction of sp³-hybridized carbons (Fsp3) is 0.545. The van der Waals surface area contributed by atoms with Crippen LogP contribution >= 0.6 is 27.5 Å². The van der Waals surface area contributed by atoms with E-state index in [9.17, 15) is 0 Å². The number of halogens is 2. The second-order valence-electron chi connectivity index (χ2n) is 3.96. The van der Waals surface area contributed by atoms with E-state index in [1.54, 1.807) is 6.20 Å². The number of anilines is 1. The molecule has 0 saturated carbocycles. The van der Waals surface area contributed by atoms with E-state index in [1.807, 2.05) is 13.1 Å². The van der Waals surface area contributed by atoms with E-state index < -0.39 is 0 Å². The molecule has 2 heterocycles. The molecular weight excluding hydrogens is 305 g/mol. The van der Waals surface area contributed by atoms with E-state index in [-0.39, 0.29) is 6.10 Å². The molecule has 17 heavy (non-hydrogen) atoms. The molecule has 1 aliphatic rings. The topological polar surface area (TPSA) is 37.4 Å². The molecule has 0 radical (unpaired) electrons. The Bertz CT molecular complexity index is 389. The molecular formula is C11H15BrClN3O. The number of rotatable bonds is 3. The molecule has 4 nitrogen and oxygen atoms in total. The predicted molar refractivity (Wildman–Crippen MR) is 72.8 cm³/mol. The van der Waals surface area contributed by atoms with E-state index in [0.29, 0.717) is 5.02 Å². The van der Waals surface area contributed by atoms with Crippen LogP contribution in [0.1, 0.15) is 0 Å². The maximum Gasteiger partial charge on any atom is 0.143 e. The first kappa shape index (κ1) is 13.1. The predicted octanol–water partition coefficient (Wildman–Crippen LogP) is 1.92. The van der Waals surface area contributed by atoms with Crippen LogP contribution in [-0.2, 0) is 4.74 Å². The number of ether oxygens (including phenoxy) is 1. The molecule has 1 aromatic rings. The molecule has 94 valence electrons. The van der Waals surface area contributed by atoms with Crippen molar-refractivity contribution in [2.24, 2.45) is 0 Å². The van der Waals surface area contributed by atoms with Crippen LogP contribution in [0.4, 0.5) is 5.82 Å². The zero-order valence-electron chi connectivity index (χ0n) is 9.62. The van der Waals surface area contributed by atoms with E-state index in [1.165, 1.54) is 0 Å². The highest BCUT2D eigenvalue weighted by Crippen LogP contribution is 2.27. The summed E-state index contributed by atoms with van der Waals surface area (Å²) in [7, 11) is 1.93. The lowest BCUT2D eigenvalue weighted by molar-refractivity contribution is 0.0418. The molecule has 1 N–H and O–H groups in total. The molecule has 0 bridgehead atoms. The van der Waals surface area contributed by atoms with Crippen molar-refractivity contribution in [2.45, 2.75) is 6.10 Å². The number of nitrogens with one attached hydrogen (secondary N) is 1. The molecule has 1 atom stereocenters. The van der Waals surface area contributed by atoms with E-state index >= 15 is 0 Å². The molecule has 1 saturated heterocycles. The molecule has 1 fully saturated rings. The van der Waals surface area contributed by atoms with Crippen molar-refractivity contribution in [3.8, 4) is 0 Å². The minimum Gasteiger partial charge on any atom is -0.373 e. The van der Waals surface area contributed by atoms with Gasteiger partial charge in [-0.05, 0) is 29.0 Å². The average molecular weight is 321 g/mol.